The average Bonchev–Trinajstić information content (AvgIpc) is 3.25. The molecule has 0 bridgehead atoms. The number of nitrogens with one attached hydrogen (secondary N) is 1. The molecule has 33 heavy (non-hydrogen) atoms. The van der Waals surface area contributed by atoms with E-state index in [1.54, 1.807) is 11.3 Å². The van der Waals surface area contributed by atoms with Gasteiger partial charge in [0.05, 0.1) is 16.8 Å². The molecule has 1 fully saturated rings. The van der Waals surface area contributed by atoms with Gasteiger partial charge in [0.2, 0.25) is 0 Å². The number of rotatable bonds is 10. The summed E-state index contributed by atoms with van der Waals surface area (Å²) in [7, 11) is 0. The number of nitrogens with zero attached hydrogens (tertiary/aromatic N) is 3. The molecule has 0 atom stereocenters. The predicted octanol–water partition coefficient (Wildman–Crippen LogP) is 5.18. The van der Waals surface area contributed by atoms with Gasteiger partial charge in [-0.1, -0.05) is 53.1 Å². The van der Waals surface area contributed by atoms with Crippen LogP contribution in [0.2, 0.25) is 0 Å². The van der Waals surface area contributed by atoms with E-state index in [0.29, 0.717) is 18.7 Å². The number of ether oxygens (including phenoxy) is 1. The van der Waals surface area contributed by atoms with Crippen LogP contribution in [0.25, 0.3) is 10.2 Å². The van der Waals surface area contributed by atoms with Crippen LogP contribution < -0.4 is 15.0 Å². The maximum Gasteiger partial charge on any atom is 0.251 e. The van der Waals surface area contributed by atoms with Gasteiger partial charge in [0, 0.05) is 49.3 Å². The summed E-state index contributed by atoms with van der Waals surface area (Å²) in [4.78, 5) is 22.1. The van der Waals surface area contributed by atoms with E-state index in [0.717, 1.165) is 66.4 Å². The molecule has 0 radical (unpaired) electrons. The van der Waals surface area contributed by atoms with Gasteiger partial charge in [-0.2, -0.15) is 0 Å². The average molecular weight is 532 g/mol. The van der Waals surface area contributed by atoms with Crippen LogP contribution in [0.5, 0.6) is 5.75 Å². The molecule has 6 nitrogen and oxygen atoms in total. The van der Waals surface area contributed by atoms with Crippen LogP contribution in [0.4, 0.5) is 5.13 Å². The Labute approximate surface area is 208 Å². The van der Waals surface area contributed by atoms with Crippen molar-refractivity contribution in [2.75, 3.05) is 50.8 Å². The molecular formula is C25H31BrN4O2S. The summed E-state index contributed by atoms with van der Waals surface area (Å²) in [6.45, 7) is 8.19. The summed E-state index contributed by atoms with van der Waals surface area (Å²) in [5, 5.41) is 4.14. The Bertz CT molecular complexity index is 1070. The van der Waals surface area contributed by atoms with Gasteiger partial charge in [0.25, 0.3) is 5.91 Å². The number of piperazine rings is 1. The first kappa shape index (κ1) is 24.0. The maximum absolute atomic E-state index is 12.6. The zero-order valence-electron chi connectivity index (χ0n) is 19.1. The molecular weight excluding hydrogens is 500 g/mol. The highest BCUT2D eigenvalue weighted by Gasteiger charge is 2.20. The fourth-order valence-electron chi connectivity index (χ4n) is 3.88. The lowest BCUT2D eigenvalue weighted by Gasteiger charge is -2.34. The van der Waals surface area contributed by atoms with Crippen LogP contribution in [0.1, 0.15) is 36.5 Å². The molecule has 0 spiro atoms. The van der Waals surface area contributed by atoms with Crippen molar-refractivity contribution in [2.24, 2.45) is 0 Å². The zero-order chi connectivity index (χ0) is 23.0. The number of halogens is 1. The molecule has 1 amide bonds. The number of fused-ring (bicyclic) bond motifs is 1. The summed E-state index contributed by atoms with van der Waals surface area (Å²) in [5.74, 6) is 0.713. The normalized spacial score (nSPS) is 14.5. The molecule has 4 rings (SSSR count). The van der Waals surface area contributed by atoms with E-state index in [9.17, 15) is 4.79 Å². The molecule has 2 heterocycles. The Morgan fingerprint density at radius 2 is 2.00 bits per heavy atom. The number of carbonyl (C=O) groups excluding carboxylic acids is 1. The summed E-state index contributed by atoms with van der Waals surface area (Å²) < 4.78 is 8.07. The van der Waals surface area contributed by atoms with E-state index >= 15 is 0 Å². The standard InChI is InChI=1S/C25H31BrN4O2S/c1-2-3-4-16-32-21-7-5-6-19(17-21)24(31)27-10-11-29-12-14-30(15-13-29)25-28-22-9-8-20(26)18-23(22)33-25/h5-9,17-18H,2-4,10-16H2,1H3,(H,27,31). The van der Waals surface area contributed by atoms with Gasteiger partial charge in [-0.05, 0) is 42.8 Å². The lowest BCUT2D eigenvalue weighted by Crippen LogP contribution is -2.48. The van der Waals surface area contributed by atoms with E-state index in [-0.39, 0.29) is 5.91 Å². The molecule has 1 aromatic heterocycles. The van der Waals surface area contributed by atoms with Crippen LogP contribution in [0.15, 0.2) is 46.9 Å². The van der Waals surface area contributed by atoms with Crippen molar-refractivity contribution >= 4 is 48.5 Å². The largest absolute Gasteiger partial charge is 0.494 e. The summed E-state index contributed by atoms with van der Waals surface area (Å²) in [5.41, 5.74) is 1.70. The SMILES string of the molecule is CCCCCOc1cccc(C(=O)NCCN2CCN(c3nc4ccc(Br)cc4s3)CC2)c1. The predicted molar refractivity (Wildman–Crippen MR) is 140 cm³/mol. The lowest BCUT2D eigenvalue weighted by atomic mass is 10.2. The summed E-state index contributed by atoms with van der Waals surface area (Å²) in [6, 6.07) is 13.7. The third-order valence-corrected chi connectivity index (χ3v) is 7.38. The van der Waals surface area contributed by atoms with Crippen molar-refractivity contribution in [2.45, 2.75) is 26.2 Å². The molecule has 1 aliphatic rings. The molecule has 1 N–H and O–H groups in total. The highest BCUT2D eigenvalue weighted by molar-refractivity contribution is 9.10. The highest BCUT2D eigenvalue weighted by atomic mass is 79.9. The van der Waals surface area contributed by atoms with E-state index in [1.165, 1.54) is 11.1 Å². The minimum atomic E-state index is -0.0479. The number of hydrogen-bond donors (Lipinski definition) is 1. The summed E-state index contributed by atoms with van der Waals surface area (Å²) >= 11 is 5.28. The Hall–Kier alpha value is -2.16. The van der Waals surface area contributed by atoms with Crippen LogP contribution >= 0.6 is 27.3 Å². The molecule has 176 valence electrons. The fraction of sp³-hybridized carbons (Fsp3) is 0.440. The molecule has 1 aliphatic heterocycles. The number of anilines is 1. The minimum Gasteiger partial charge on any atom is -0.494 e. The first-order valence-electron chi connectivity index (χ1n) is 11.7. The van der Waals surface area contributed by atoms with Crippen molar-refractivity contribution in [3.8, 4) is 5.75 Å². The van der Waals surface area contributed by atoms with Crippen molar-refractivity contribution in [3.63, 3.8) is 0 Å². The summed E-state index contributed by atoms with van der Waals surface area (Å²) in [6.07, 6.45) is 3.37. The van der Waals surface area contributed by atoms with Crippen molar-refractivity contribution in [3.05, 3.63) is 52.5 Å². The smallest absolute Gasteiger partial charge is 0.251 e. The van der Waals surface area contributed by atoms with Crippen molar-refractivity contribution < 1.29 is 9.53 Å². The van der Waals surface area contributed by atoms with E-state index in [1.807, 2.05) is 30.3 Å². The van der Waals surface area contributed by atoms with Gasteiger partial charge >= 0.3 is 0 Å². The molecule has 0 saturated carbocycles. The molecule has 3 aromatic rings. The fourth-order valence-corrected chi connectivity index (χ4v) is 5.45. The minimum absolute atomic E-state index is 0.0479. The Balaban J connectivity index is 1.19. The second-order valence-electron chi connectivity index (χ2n) is 8.28. The second kappa shape index (κ2) is 11.8. The Kier molecular flexibility index (Phi) is 8.58. The maximum atomic E-state index is 12.6. The highest BCUT2D eigenvalue weighted by Crippen LogP contribution is 2.31. The van der Waals surface area contributed by atoms with Gasteiger partial charge in [-0.15, -0.1) is 0 Å². The number of hydrogen-bond acceptors (Lipinski definition) is 6. The third-order valence-electron chi connectivity index (χ3n) is 5.81. The second-order valence-corrected chi connectivity index (χ2v) is 10.2. The molecule has 0 unspecified atom stereocenters. The third kappa shape index (κ3) is 6.68. The Morgan fingerprint density at radius 1 is 1.15 bits per heavy atom. The lowest BCUT2D eigenvalue weighted by molar-refractivity contribution is 0.0947. The number of aromatic nitrogens is 1. The number of amides is 1. The van der Waals surface area contributed by atoms with Crippen LogP contribution in [0.3, 0.4) is 0 Å². The van der Waals surface area contributed by atoms with Gasteiger partial charge in [0.15, 0.2) is 5.13 Å². The van der Waals surface area contributed by atoms with Crippen LogP contribution in [-0.2, 0) is 0 Å². The van der Waals surface area contributed by atoms with Crippen molar-refractivity contribution in [1.82, 2.24) is 15.2 Å². The van der Waals surface area contributed by atoms with Gasteiger partial charge in [-0.3, -0.25) is 9.69 Å². The van der Waals surface area contributed by atoms with Crippen molar-refractivity contribution in [1.29, 1.82) is 0 Å². The molecule has 1 saturated heterocycles. The number of unbranched alkanes of at least 4 members (excludes halogenated alkanes) is 2. The number of benzene rings is 2. The van der Waals surface area contributed by atoms with Gasteiger partial charge in [0.1, 0.15) is 5.75 Å². The van der Waals surface area contributed by atoms with Crippen LogP contribution in [-0.4, -0.2) is 61.7 Å². The number of thiazole rings is 1. The molecule has 0 aliphatic carbocycles. The van der Waals surface area contributed by atoms with E-state index in [2.05, 4.69) is 50.1 Å². The monoisotopic (exact) mass is 530 g/mol. The Morgan fingerprint density at radius 3 is 2.82 bits per heavy atom. The van der Waals surface area contributed by atoms with E-state index < -0.39 is 0 Å². The molecule has 2 aromatic carbocycles. The first-order valence-corrected chi connectivity index (χ1v) is 13.3. The quantitative estimate of drug-likeness (QED) is 0.366. The number of carbonyl (C=O) groups is 1. The van der Waals surface area contributed by atoms with Crippen LogP contribution in [0, 0.1) is 0 Å². The van der Waals surface area contributed by atoms with E-state index in [4.69, 9.17) is 9.72 Å². The topological polar surface area (TPSA) is 57.7 Å². The first-order chi connectivity index (χ1) is 16.1. The van der Waals surface area contributed by atoms with Gasteiger partial charge < -0.3 is 15.0 Å². The zero-order valence-corrected chi connectivity index (χ0v) is 21.5. The van der Waals surface area contributed by atoms with Gasteiger partial charge in [-0.25, -0.2) is 4.98 Å². The molecule has 8 heteroatoms.